The molecule has 1 amide bonds. The van der Waals surface area contributed by atoms with Gasteiger partial charge in [0.25, 0.3) is 0 Å². The third-order valence-corrected chi connectivity index (χ3v) is 7.64. The molecule has 4 nitrogen and oxygen atoms in total. The third-order valence-electron chi connectivity index (χ3n) is 7.64. The number of fused-ring (bicyclic) bond motifs is 2. The maximum Gasteiger partial charge on any atom is 0.224 e. The molecule has 3 atom stereocenters. The second-order valence-electron chi connectivity index (χ2n) is 10.7. The summed E-state index contributed by atoms with van der Waals surface area (Å²) in [6, 6.07) is 7.71. The number of nitrogens with one attached hydrogen (secondary N) is 1. The Hall–Kier alpha value is -1.81. The minimum Gasteiger partial charge on any atom is -0.353 e. The number of nitrogens with zero attached hydrogens (tertiary/aromatic N) is 2. The van der Waals surface area contributed by atoms with Crippen LogP contribution in [0.15, 0.2) is 24.4 Å². The summed E-state index contributed by atoms with van der Waals surface area (Å²) < 4.78 is 2.45. The van der Waals surface area contributed by atoms with Crippen LogP contribution in [0.1, 0.15) is 69.9 Å². The highest BCUT2D eigenvalue weighted by Gasteiger charge is 2.42. The zero-order valence-electron chi connectivity index (χ0n) is 18.4. The Morgan fingerprint density at radius 3 is 2.66 bits per heavy atom. The summed E-state index contributed by atoms with van der Waals surface area (Å²) in [5.74, 6) is 0.830. The lowest BCUT2D eigenvalue weighted by Crippen LogP contribution is -2.52. The smallest absolute Gasteiger partial charge is 0.224 e. The van der Waals surface area contributed by atoms with Crippen LogP contribution >= 0.6 is 0 Å². The Morgan fingerprint density at radius 2 is 1.93 bits per heavy atom. The molecule has 2 heterocycles. The van der Waals surface area contributed by atoms with Gasteiger partial charge >= 0.3 is 0 Å². The summed E-state index contributed by atoms with van der Waals surface area (Å²) in [5.41, 5.74) is 4.36. The molecule has 1 N–H and O–H groups in total. The number of carbonyl (C=O) groups excluding carboxylic acids is 1. The number of amides is 1. The van der Waals surface area contributed by atoms with E-state index in [1.54, 1.807) is 0 Å². The molecule has 0 spiro atoms. The maximum atomic E-state index is 13.1. The van der Waals surface area contributed by atoms with Gasteiger partial charge in [0.2, 0.25) is 5.91 Å². The van der Waals surface area contributed by atoms with Gasteiger partial charge in [-0.15, -0.1) is 0 Å². The summed E-state index contributed by atoms with van der Waals surface area (Å²) in [6.45, 7) is 7.72. The molecule has 2 aromatic rings. The van der Waals surface area contributed by atoms with E-state index in [1.807, 2.05) is 0 Å². The summed E-state index contributed by atoms with van der Waals surface area (Å²) in [6.07, 6.45) is 9.29. The number of piperidine rings is 1. The van der Waals surface area contributed by atoms with E-state index in [0.717, 1.165) is 32.2 Å². The molecule has 4 heteroatoms. The Bertz CT molecular complexity index is 931. The lowest BCUT2D eigenvalue weighted by atomic mass is 9.72. The van der Waals surface area contributed by atoms with Crippen molar-refractivity contribution in [3.63, 3.8) is 0 Å². The standard InChI is InChI=1S/C25H35N3O/c1-25(2,3)28-15-16-13-22-20(19-10-7-11-21(28)23(16)19)12-17(14-27(22)4)24(29)26-18-8-5-6-9-18/h7,10-11,15,17-18,20,22H,5-6,8-9,12-14H2,1-4H3,(H,26,29)/t17-,20-,22-/m1/s1. The fourth-order valence-electron chi connectivity index (χ4n) is 6.18. The second kappa shape index (κ2) is 6.87. The highest BCUT2D eigenvalue weighted by Crippen LogP contribution is 2.45. The summed E-state index contributed by atoms with van der Waals surface area (Å²) in [5, 5.41) is 4.82. The van der Waals surface area contributed by atoms with E-state index >= 15 is 0 Å². The van der Waals surface area contributed by atoms with Crippen molar-refractivity contribution in [3.8, 4) is 0 Å². The fourth-order valence-corrected chi connectivity index (χ4v) is 6.18. The van der Waals surface area contributed by atoms with Crippen molar-refractivity contribution in [1.82, 2.24) is 14.8 Å². The van der Waals surface area contributed by atoms with Crippen LogP contribution in [0.2, 0.25) is 0 Å². The molecule has 1 aromatic carbocycles. The Labute approximate surface area is 174 Å². The van der Waals surface area contributed by atoms with Crippen LogP contribution in [0, 0.1) is 5.92 Å². The number of likely N-dealkylation sites (tertiary alicyclic amines) is 1. The first-order chi connectivity index (χ1) is 13.8. The van der Waals surface area contributed by atoms with Gasteiger partial charge in [0, 0.05) is 47.2 Å². The zero-order chi connectivity index (χ0) is 20.3. The second-order valence-corrected chi connectivity index (χ2v) is 10.7. The van der Waals surface area contributed by atoms with Gasteiger partial charge in [-0.25, -0.2) is 0 Å². The van der Waals surface area contributed by atoms with Crippen molar-refractivity contribution in [2.75, 3.05) is 13.6 Å². The van der Waals surface area contributed by atoms with Gasteiger partial charge in [-0.05, 0) is 70.7 Å². The van der Waals surface area contributed by atoms with Gasteiger partial charge in [-0.1, -0.05) is 25.0 Å². The molecular formula is C25H35N3O. The number of hydrogen-bond acceptors (Lipinski definition) is 2. The van der Waals surface area contributed by atoms with E-state index in [1.165, 1.54) is 34.9 Å². The molecule has 0 radical (unpaired) electrons. The number of hydrogen-bond donors (Lipinski definition) is 1. The van der Waals surface area contributed by atoms with E-state index in [4.69, 9.17) is 0 Å². The Kier molecular flexibility index (Phi) is 4.54. The molecule has 2 fully saturated rings. The Morgan fingerprint density at radius 1 is 1.17 bits per heavy atom. The topological polar surface area (TPSA) is 37.3 Å². The summed E-state index contributed by atoms with van der Waals surface area (Å²) in [4.78, 5) is 15.5. The molecule has 0 unspecified atom stereocenters. The van der Waals surface area contributed by atoms with Crippen LogP contribution < -0.4 is 5.32 Å². The number of carbonyl (C=O) groups is 1. The van der Waals surface area contributed by atoms with Gasteiger partial charge in [0.15, 0.2) is 0 Å². The van der Waals surface area contributed by atoms with Gasteiger partial charge in [0.1, 0.15) is 0 Å². The van der Waals surface area contributed by atoms with Gasteiger partial charge in [0.05, 0.1) is 5.92 Å². The average Bonchev–Trinajstić information content (AvgIpc) is 3.31. The molecule has 1 aliphatic heterocycles. The summed E-state index contributed by atoms with van der Waals surface area (Å²) >= 11 is 0. The van der Waals surface area contributed by atoms with Crippen molar-refractivity contribution in [2.24, 2.45) is 5.92 Å². The monoisotopic (exact) mass is 393 g/mol. The predicted octanol–water partition coefficient (Wildman–Crippen LogP) is 4.42. The molecule has 2 aliphatic carbocycles. The molecule has 5 rings (SSSR count). The lowest BCUT2D eigenvalue weighted by Gasteiger charge is -2.45. The van der Waals surface area contributed by atoms with E-state index in [2.05, 4.69) is 67.0 Å². The molecule has 0 bridgehead atoms. The number of benzene rings is 1. The molecule has 29 heavy (non-hydrogen) atoms. The average molecular weight is 394 g/mol. The molecule has 1 saturated carbocycles. The Balaban J connectivity index is 1.48. The van der Waals surface area contributed by atoms with Crippen LogP contribution in [0.4, 0.5) is 0 Å². The minimum atomic E-state index is 0.0697. The van der Waals surface area contributed by atoms with E-state index in [0.29, 0.717) is 18.0 Å². The molecule has 1 aromatic heterocycles. The van der Waals surface area contributed by atoms with Crippen LogP contribution in [0.3, 0.4) is 0 Å². The molecule has 3 aliphatic rings. The molecule has 1 saturated heterocycles. The van der Waals surface area contributed by atoms with E-state index < -0.39 is 0 Å². The van der Waals surface area contributed by atoms with Crippen LogP contribution in [-0.4, -0.2) is 41.1 Å². The SMILES string of the molecule is CN1C[C@H](C(=O)NC2CCCC2)C[C@@H]2c3cccc4c3c(cn4C(C)(C)C)C[C@H]21. The largest absolute Gasteiger partial charge is 0.353 e. The number of aromatic nitrogens is 1. The third kappa shape index (κ3) is 3.20. The number of likely N-dealkylation sites (N-methyl/N-ethyl adjacent to an activating group) is 1. The van der Waals surface area contributed by atoms with Crippen molar-refractivity contribution < 1.29 is 4.79 Å². The van der Waals surface area contributed by atoms with Crippen molar-refractivity contribution in [2.45, 2.75) is 82.8 Å². The fraction of sp³-hybridized carbons (Fsp3) is 0.640. The van der Waals surface area contributed by atoms with Crippen LogP contribution in [0.5, 0.6) is 0 Å². The highest BCUT2D eigenvalue weighted by atomic mass is 16.2. The van der Waals surface area contributed by atoms with Gasteiger partial charge < -0.3 is 14.8 Å². The van der Waals surface area contributed by atoms with Crippen molar-refractivity contribution in [1.29, 1.82) is 0 Å². The minimum absolute atomic E-state index is 0.0697. The van der Waals surface area contributed by atoms with E-state index in [9.17, 15) is 4.79 Å². The summed E-state index contributed by atoms with van der Waals surface area (Å²) in [7, 11) is 2.22. The maximum absolute atomic E-state index is 13.1. The van der Waals surface area contributed by atoms with E-state index in [-0.39, 0.29) is 17.4 Å². The van der Waals surface area contributed by atoms with Crippen molar-refractivity contribution in [3.05, 3.63) is 35.5 Å². The first kappa shape index (κ1) is 19.2. The molecular weight excluding hydrogens is 358 g/mol. The van der Waals surface area contributed by atoms with Crippen LogP contribution in [0.25, 0.3) is 10.9 Å². The predicted molar refractivity (Wildman–Crippen MR) is 118 cm³/mol. The first-order valence-corrected chi connectivity index (χ1v) is 11.5. The van der Waals surface area contributed by atoms with Gasteiger partial charge in [-0.3, -0.25) is 4.79 Å². The zero-order valence-corrected chi connectivity index (χ0v) is 18.4. The van der Waals surface area contributed by atoms with Gasteiger partial charge in [-0.2, -0.15) is 0 Å². The highest BCUT2D eigenvalue weighted by molar-refractivity contribution is 5.89. The first-order valence-electron chi connectivity index (χ1n) is 11.5. The van der Waals surface area contributed by atoms with Crippen LogP contribution in [-0.2, 0) is 16.8 Å². The lowest BCUT2D eigenvalue weighted by molar-refractivity contribution is -0.128. The molecule has 156 valence electrons. The quantitative estimate of drug-likeness (QED) is 0.820. The van der Waals surface area contributed by atoms with Crippen molar-refractivity contribution >= 4 is 16.8 Å². The number of rotatable bonds is 2. The normalized spacial score (nSPS) is 27.9.